The second-order valence-electron chi connectivity index (χ2n) is 5.03. The van der Waals surface area contributed by atoms with Gasteiger partial charge in [-0.25, -0.2) is 8.42 Å². The van der Waals surface area contributed by atoms with Gasteiger partial charge in [0, 0.05) is 19.6 Å². The Kier molecular flexibility index (Phi) is 3.82. The van der Waals surface area contributed by atoms with E-state index in [1.165, 1.54) is 9.21 Å². The van der Waals surface area contributed by atoms with Crippen LogP contribution in [-0.2, 0) is 19.6 Å². The number of nitrogens with one attached hydrogen (secondary N) is 1. The van der Waals surface area contributed by atoms with Gasteiger partial charge >= 0.3 is 0 Å². The molecule has 0 spiro atoms. The number of nitrogens with zero attached hydrogens (tertiary/aromatic N) is 2. The van der Waals surface area contributed by atoms with Gasteiger partial charge in [0.2, 0.25) is 21.8 Å². The second-order valence-corrected chi connectivity index (χ2v) is 6.97. The third-order valence-electron chi connectivity index (χ3n) is 3.70. The number of rotatable bonds is 2. The average molecular weight is 289 g/mol. The molecule has 2 rings (SSSR count). The lowest BCUT2D eigenvalue weighted by Gasteiger charge is -2.36. The number of amides is 2. The van der Waals surface area contributed by atoms with E-state index in [1.54, 1.807) is 6.92 Å². The van der Waals surface area contributed by atoms with E-state index in [0.29, 0.717) is 32.5 Å². The molecule has 19 heavy (non-hydrogen) atoms. The molecule has 2 atom stereocenters. The SMILES string of the molecule is CC1C(=O)NCCN1C(=O)C1CCCN1S(C)(=O)=O. The molecule has 2 saturated heterocycles. The van der Waals surface area contributed by atoms with Gasteiger partial charge in [0.25, 0.3) is 0 Å². The summed E-state index contributed by atoms with van der Waals surface area (Å²) in [5.41, 5.74) is 0. The Morgan fingerprint density at radius 3 is 2.68 bits per heavy atom. The molecule has 2 unspecified atom stereocenters. The molecular formula is C11H19N3O4S. The smallest absolute Gasteiger partial charge is 0.242 e. The first-order valence-electron chi connectivity index (χ1n) is 6.37. The van der Waals surface area contributed by atoms with E-state index in [-0.39, 0.29) is 11.8 Å². The van der Waals surface area contributed by atoms with Gasteiger partial charge in [-0.3, -0.25) is 9.59 Å². The fourth-order valence-electron chi connectivity index (χ4n) is 2.66. The van der Waals surface area contributed by atoms with Crippen molar-refractivity contribution in [2.45, 2.75) is 31.8 Å². The summed E-state index contributed by atoms with van der Waals surface area (Å²) < 4.78 is 24.6. The number of carbonyl (C=O) groups excluding carboxylic acids is 2. The van der Waals surface area contributed by atoms with Crippen LogP contribution in [0.4, 0.5) is 0 Å². The first-order chi connectivity index (χ1) is 8.82. The van der Waals surface area contributed by atoms with E-state index >= 15 is 0 Å². The molecule has 2 amide bonds. The molecule has 0 aromatic carbocycles. The van der Waals surface area contributed by atoms with Crippen LogP contribution >= 0.6 is 0 Å². The Morgan fingerprint density at radius 2 is 2.05 bits per heavy atom. The summed E-state index contributed by atoms with van der Waals surface area (Å²) >= 11 is 0. The molecule has 7 nitrogen and oxygen atoms in total. The maximum atomic E-state index is 12.5. The summed E-state index contributed by atoms with van der Waals surface area (Å²) in [4.78, 5) is 25.5. The van der Waals surface area contributed by atoms with Gasteiger partial charge in [0.05, 0.1) is 6.26 Å². The maximum absolute atomic E-state index is 12.5. The third kappa shape index (κ3) is 2.74. The number of hydrogen-bond donors (Lipinski definition) is 1. The highest BCUT2D eigenvalue weighted by Gasteiger charge is 2.41. The van der Waals surface area contributed by atoms with Crippen LogP contribution in [0.5, 0.6) is 0 Å². The van der Waals surface area contributed by atoms with Crippen molar-refractivity contribution in [3.05, 3.63) is 0 Å². The van der Waals surface area contributed by atoms with Crippen LogP contribution in [0.15, 0.2) is 0 Å². The molecule has 0 aliphatic carbocycles. The number of hydrogen-bond acceptors (Lipinski definition) is 4. The summed E-state index contributed by atoms with van der Waals surface area (Å²) in [6.45, 7) is 2.89. The van der Waals surface area contributed by atoms with Gasteiger partial charge < -0.3 is 10.2 Å². The fourth-order valence-corrected chi connectivity index (χ4v) is 3.78. The van der Waals surface area contributed by atoms with E-state index in [4.69, 9.17) is 0 Å². The molecule has 0 bridgehead atoms. The van der Waals surface area contributed by atoms with Crippen LogP contribution < -0.4 is 5.32 Å². The Bertz CT molecular complexity index is 490. The Morgan fingerprint density at radius 1 is 1.37 bits per heavy atom. The molecule has 8 heteroatoms. The van der Waals surface area contributed by atoms with Crippen LogP contribution in [0.3, 0.4) is 0 Å². The molecule has 0 saturated carbocycles. The predicted octanol–water partition coefficient (Wildman–Crippen LogP) is -1.24. The van der Waals surface area contributed by atoms with Crippen molar-refractivity contribution in [2.75, 3.05) is 25.9 Å². The van der Waals surface area contributed by atoms with Crippen LogP contribution in [0.2, 0.25) is 0 Å². The van der Waals surface area contributed by atoms with Gasteiger partial charge in [-0.05, 0) is 19.8 Å². The van der Waals surface area contributed by atoms with Crippen molar-refractivity contribution in [3.8, 4) is 0 Å². The summed E-state index contributed by atoms with van der Waals surface area (Å²) in [7, 11) is -3.38. The van der Waals surface area contributed by atoms with Crippen molar-refractivity contribution >= 4 is 21.8 Å². The average Bonchev–Trinajstić information content (AvgIpc) is 2.80. The molecule has 2 aliphatic heterocycles. The lowest BCUT2D eigenvalue weighted by molar-refractivity contribution is -0.144. The monoisotopic (exact) mass is 289 g/mol. The lowest BCUT2D eigenvalue weighted by Crippen LogP contribution is -2.59. The molecule has 0 aromatic rings. The highest BCUT2D eigenvalue weighted by Crippen LogP contribution is 2.23. The molecular weight excluding hydrogens is 270 g/mol. The summed E-state index contributed by atoms with van der Waals surface area (Å²) in [6.07, 6.45) is 2.32. The number of piperazine rings is 1. The van der Waals surface area contributed by atoms with Crippen molar-refractivity contribution in [1.29, 1.82) is 0 Å². The van der Waals surface area contributed by atoms with Gasteiger partial charge in [-0.1, -0.05) is 0 Å². The Hall–Kier alpha value is -1.15. The van der Waals surface area contributed by atoms with Gasteiger partial charge in [-0.2, -0.15) is 4.31 Å². The van der Waals surface area contributed by atoms with Crippen LogP contribution in [-0.4, -0.2) is 67.4 Å². The largest absolute Gasteiger partial charge is 0.353 e. The highest BCUT2D eigenvalue weighted by atomic mass is 32.2. The molecule has 0 radical (unpaired) electrons. The predicted molar refractivity (Wildman–Crippen MR) is 68.8 cm³/mol. The molecule has 0 aromatic heterocycles. The molecule has 108 valence electrons. The normalized spacial score (nSPS) is 29.4. The summed E-state index contributed by atoms with van der Waals surface area (Å²) in [6, 6.07) is -1.19. The van der Waals surface area contributed by atoms with Crippen LogP contribution in [0.25, 0.3) is 0 Å². The maximum Gasteiger partial charge on any atom is 0.242 e. The Labute approximate surface area is 113 Å². The van der Waals surface area contributed by atoms with Crippen molar-refractivity contribution in [1.82, 2.24) is 14.5 Å². The van der Waals surface area contributed by atoms with E-state index in [9.17, 15) is 18.0 Å². The zero-order chi connectivity index (χ0) is 14.2. The molecule has 2 heterocycles. The minimum absolute atomic E-state index is 0.191. The highest BCUT2D eigenvalue weighted by molar-refractivity contribution is 7.88. The van der Waals surface area contributed by atoms with Crippen molar-refractivity contribution in [2.24, 2.45) is 0 Å². The topological polar surface area (TPSA) is 86.8 Å². The molecule has 2 fully saturated rings. The van der Waals surface area contributed by atoms with Crippen molar-refractivity contribution < 1.29 is 18.0 Å². The summed E-state index contributed by atoms with van der Waals surface area (Å²) in [5.74, 6) is -0.450. The van der Waals surface area contributed by atoms with E-state index in [0.717, 1.165) is 6.26 Å². The second kappa shape index (κ2) is 5.09. The van der Waals surface area contributed by atoms with Gasteiger partial charge in [0.1, 0.15) is 12.1 Å². The number of carbonyl (C=O) groups is 2. The van der Waals surface area contributed by atoms with Crippen molar-refractivity contribution in [3.63, 3.8) is 0 Å². The zero-order valence-corrected chi connectivity index (χ0v) is 11.9. The minimum Gasteiger partial charge on any atom is -0.353 e. The lowest BCUT2D eigenvalue weighted by atomic mass is 10.1. The van der Waals surface area contributed by atoms with E-state index in [2.05, 4.69) is 5.32 Å². The Balaban J connectivity index is 2.17. The van der Waals surface area contributed by atoms with E-state index in [1.807, 2.05) is 0 Å². The first kappa shape index (κ1) is 14.3. The number of sulfonamides is 1. The van der Waals surface area contributed by atoms with Crippen LogP contribution in [0.1, 0.15) is 19.8 Å². The van der Waals surface area contributed by atoms with Gasteiger partial charge in [0.15, 0.2) is 0 Å². The minimum atomic E-state index is -3.38. The molecule has 2 aliphatic rings. The quantitative estimate of drug-likeness (QED) is 0.689. The third-order valence-corrected chi connectivity index (χ3v) is 4.99. The first-order valence-corrected chi connectivity index (χ1v) is 8.22. The molecule has 1 N–H and O–H groups in total. The van der Waals surface area contributed by atoms with Crippen LogP contribution in [0, 0.1) is 0 Å². The van der Waals surface area contributed by atoms with E-state index < -0.39 is 22.1 Å². The standard InChI is InChI=1S/C11H19N3O4S/c1-8-10(15)12-5-7-13(8)11(16)9-4-3-6-14(9)19(2,17)18/h8-9H,3-7H2,1-2H3,(H,12,15). The fraction of sp³-hybridized carbons (Fsp3) is 0.818. The summed E-state index contributed by atoms with van der Waals surface area (Å²) in [5, 5.41) is 2.68. The van der Waals surface area contributed by atoms with Gasteiger partial charge in [-0.15, -0.1) is 0 Å². The zero-order valence-electron chi connectivity index (χ0n) is 11.1.